The van der Waals surface area contributed by atoms with Gasteiger partial charge in [-0.05, 0) is 43.5 Å². The van der Waals surface area contributed by atoms with E-state index in [2.05, 4.69) is 21.2 Å². The maximum atomic E-state index is 12.2. The minimum absolute atomic E-state index is 0.234. The van der Waals surface area contributed by atoms with Gasteiger partial charge < -0.3 is 15.3 Å². The Bertz CT molecular complexity index is 536. The number of urea groups is 1. The van der Waals surface area contributed by atoms with Crippen molar-refractivity contribution in [3.63, 3.8) is 0 Å². The van der Waals surface area contributed by atoms with Crippen LogP contribution in [0.4, 0.5) is 10.5 Å². The van der Waals surface area contributed by atoms with Crippen molar-refractivity contribution in [2.75, 3.05) is 18.4 Å². The van der Waals surface area contributed by atoms with E-state index in [9.17, 15) is 9.59 Å². The molecular formula is C14H17BrN2O3. The molecule has 2 amide bonds. The minimum atomic E-state index is -0.837. The van der Waals surface area contributed by atoms with Gasteiger partial charge in [-0.2, -0.15) is 0 Å². The number of halogens is 1. The van der Waals surface area contributed by atoms with Gasteiger partial charge >= 0.3 is 12.0 Å². The van der Waals surface area contributed by atoms with E-state index in [4.69, 9.17) is 5.11 Å². The number of hydrogen-bond donors (Lipinski definition) is 2. The normalized spacial score (nSPS) is 18.1. The van der Waals surface area contributed by atoms with E-state index >= 15 is 0 Å². The van der Waals surface area contributed by atoms with Crippen LogP contribution in [0, 0.1) is 19.8 Å². The summed E-state index contributed by atoms with van der Waals surface area (Å²) in [6.45, 7) is 4.61. The molecule has 1 aliphatic rings. The van der Waals surface area contributed by atoms with Crippen LogP contribution in [0.2, 0.25) is 0 Å². The first-order valence-electron chi connectivity index (χ1n) is 6.44. The van der Waals surface area contributed by atoms with Crippen molar-refractivity contribution in [2.24, 2.45) is 5.92 Å². The number of hydrogen-bond acceptors (Lipinski definition) is 2. The molecule has 108 valence electrons. The lowest BCUT2D eigenvalue weighted by molar-refractivity contribution is -0.141. The maximum absolute atomic E-state index is 12.2. The number of carbonyl (C=O) groups is 2. The standard InChI is InChI=1S/C14H17BrN2O3/c1-8-5-11(15)6-9(2)12(8)16-14(20)17-4-3-10(7-17)13(18)19/h5-6,10H,3-4,7H2,1-2H3,(H,16,20)(H,18,19). The molecule has 0 aliphatic carbocycles. The third-order valence-corrected chi connectivity index (χ3v) is 4.01. The monoisotopic (exact) mass is 340 g/mol. The van der Waals surface area contributed by atoms with Gasteiger partial charge in [0.15, 0.2) is 0 Å². The SMILES string of the molecule is Cc1cc(Br)cc(C)c1NC(=O)N1CCC(C(=O)O)C1. The van der Waals surface area contributed by atoms with Crippen molar-refractivity contribution < 1.29 is 14.7 Å². The minimum Gasteiger partial charge on any atom is -0.481 e. The number of rotatable bonds is 2. The van der Waals surface area contributed by atoms with Gasteiger partial charge in [0.05, 0.1) is 5.92 Å². The molecule has 20 heavy (non-hydrogen) atoms. The van der Waals surface area contributed by atoms with Crippen molar-refractivity contribution in [1.82, 2.24) is 4.90 Å². The molecule has 5 nitrogen and oxygen atoms in total. The molecule has 6 heteroatoms. The van der Waals surface area contributed by atoms with E-state index < -0.39 is 11.9 Å². The van der Waals surface area contributed by atoms with Crippen LogP contribution in [-0.2, 0) is 4.79 Å². The van der Waals surface area contributed by atoms with Crippen LogP contribution >= 0.6 is 15.9 Å². The zero-order valence-corrected chi connectivity index (χ0v) is 13.0. The smallest absolute Gasteiger partial charge is 0.321 e. The number of nitrogens with one attached hydrogen (secondary N) is 1. The van der Waals surface area contributed by atoms with Crippen LogP contribution in [0.1, 0.15) is 17.5 Å². The van der Waals surface area contributed by atoms with Crippen LogP contribution < -0.4 is 5.32 Å². The Morgan fingerprint density at radius 2 is 1.95 bits per heavy atom. The molecular weight excluding hydrogens is 324 g/mol. The summed E-state index contributed by atoms with van der Waals surface area (Å²) in [6.07, 6.45) is 0.515. The van der Waals surface area contributed by atoms with Gasteiger partial charge in [0.2, 0.25) is 0 Å². The number of likely N-dealkylation sites (tertiary alicyclic amines) is 1. The number of aryl methyl sites for hydroxylation is 2. The lowest BCUT2D eigenvalue weighted by Gasteiger charge is -2.19. The van der Waals surface area contributed by atoms with Crippen LogP contribution in [0.25, 0.3) is 0 Å². The lowest BCUT2D eigenvalue weighted by atomic mass is 10.1. The zero-order valence-electron chi connectivity index (χ0n) is 11.4. The highest BCUT2D eigenvalue weighted by atomic mass is 79.9. The highest BCUT2D eigenvalue weighted by molar-refractivity contribution is 9.10. The largest absolute Gasteiger partial charge is 0.481 e. The van der Waals surface area contributed by atoms with E-state index in [-0.39, 0.29) is 12.6 Å². The van der Waals surface area contributed by atoms with Gasteiger partial charge in [-0.3, -0.25) is 4.79 Å². The van der Waals surface area contributed by atoms with Gasteiger partial charge in [-0.15, -0.1) is 0 Å². The number of nitrogens with zero attached hydrogens (tertiary/aromatic N) is 1. The van der Waals surface area contributed by atoms with E-state index in [1.165, 1.54) is 0 Å². The molecule has 1 aromatic carbocycles. The Hall–Kier alpha value is -1.56. The van der Waals surface area contributed by atoms with Crippen molar-refractivity contribution in [1.29, 1.82) is 0 Å². The maximum Gasteiger partial charge on any atom is 0.321 e. The Labute approximate surface area is 126 Å². The molecule has 1 aromatic rings. The zero-order chi connectivity index (χ0) is 14.9. The molecule has 0 radical (unpaired) electrons. The highest BCUT2D eigenvalue weighted by Crippen LogP contribution is 2.26. The number of anilines is 1. The van der Waals surface area contributed by atoms with Gasteiger partial charge in [-0.1, -0.05) is 15.9 Å². The molecule has 0 aromatic heterocycles. The fourth-order valence-corrected chi connectivity index (χ4v) is 3.13. The molecule has 0 spiro atoms. The lowest BCUT2D eigenvalue weighted by Crippen LogP contribution is -2.34. The Morgan fingerprint density at radius 3 is 2.45 bits per heavy atom. The Balaban J connectivity index is 2.08. The van der Waals surface area contributed by atoms with E-state index in [0.29, 0.717) is 13.0 Å². The summed E-state index contributed by atoms with van der Waals surface area (Å²) in [6, 6.07) is 3.64. The summed E-state index contributed by atoms with van der Waals surface area (Å²) in [5, 5.41) is 11.8. The van der Waals surface area contributed by atoms with Gasteiger partial charge in [0.1, 0.15) is 0 Å². The summed E-state index contributed by atoms with van der Waals surface area (Å²) in [5.74, 6) is -1.29. The summed E-state index contributed by atoms with van der Waals surface area (Å²) in [4.78, 5) is 24.6. The topological polar surface area (TPSA) is 69.6 Å². The second kappa shape index (κ2) is 5.83. The van der Waals surface area contributed by atoms with E-state index in [0.717, 1.165) is 21.3 Å². The van der Waals surface area contributed by atoms with E-state index in [1.807, 2.05) is 26.0 Å². The van der Waals surface area contributed by atoms with Gasteiger partial charge in [0.25, 0.3) is 0 Å². The van der Waals surface area contributed by atoms with Crippen LogP contribution in [-0.4, -0.2) is 35.1 Å². The summed E-state index contributed by atoms with van der Waals surface area (Å²) in [7, 11) is 0. The third-order valence-electron chi connectivity index (χ3n) is 3.55. The highest BCUT2D eigenvalue weighted by Gasteiger charge is 2.31. The summed E-state index contributed by atoms with van der Waals surface area (Å²) in [5.41, 5.74) is 2.73. The molecule has 2 rings (SSSR count). The quantitative estimate of drug-likeness (QED) is 0.869. The predicted molar refractivity (Wildman–Crippen MR) is 80.0 cm³/mol. The number of carboxylic acid groups (broad SMARTS) is 1. The van der Waals surface area contributed by atoms with E-state index in [1.54, 1.807) is 4.90 Å². The predicted octanol–water partition coefficient (Wildman–Crippen LogP) is 3.00. The average Bonchev–Trinajstić information content (AvgIpc) is 2.83. The fourth-order valence-electron chi connectivity index (χ4n) is 2.44. The fraction of sp³-hybridized carbons (Fsp3) is 0.429. The molecule has 1 heterocycles. The first-order valence-corrected chi connectivity index (χ1v) is 7.23. The molecule has 1 fully saturated rings. The summed E-state index contributed by atoms with van der Waals surface area (Å²) < 4.78 is 0.970. The van der Waals surface area contributed by atoms with Crippen LogP contribution in [0.3, 0.4) is 0 Å². The molecule has 0 bridgehead atoms. The number of benzene rings is 1. The second-order valence-electron chi connectivity index (χ2n) is 5.11. The average molecular weight is 341 g/mol. The first kappa shape index (κ1) is 14.8. The number of carboxylic acids is 1. The van der Waals surface area contributed by atoms with Crippen molar-refractivity contribution in [3.8, 4) is 0 Å². The van der Waals surface area contributed by atoms with Crippen LogP contribution in [0.5, 0.6) is 0 Å². The van der Waals surface area contributed by atoms with Gasteiger partial charge in [0, 0.05) is 23.2 Å². The van der Waals surface area contributed by atoms with Crippen molar-refractivity contribution in [3.05, 3.63) is 27.7 Å². The van der Waals surface area contributed by atoms with Crippen molar-refractivity contribution in [2.45, 2.75) is 20.3 Å². The van der Waals surface area contributed by atoms with Gasteiger partial charge in [-0.25, -0.2) is 4.79 Å². The molecule has 1 aliphatic heterocycles. The molecule has 1 saturated heterocycles. The Kier molecular flexibility index (Phi) is 4.32. The summed E-state index contributed by atoms with van der Waals surface area (Å²) >= 11 is 3.42. The number of carbonyl (C=O) groups excluding carboxylic acids is 1. The first-order chi connectivity index (χ1) is 9.38. The second-order valence-corrected chi connectivity index (χ2v) is 6.03. The molecule has 0 saturated carbocycles. The molecule has 1 atom stereocenters. The Morgan fingerprint density at radius 1 is 1.35 bits per heavy atom. The van der Waals surface area contributed by atoms with Crippen LogP contribution in [0.15, 0.2) is 16.6 Å². The van der Waals surface area contributed by atoms with Crippen molar-refractivity contribution >= 4 is 33.6 Å². The molecule has 1 unspecified atom stereocenters. The third kappa shape index (κ3) is 3.12. The number of amides is 2. The molecule has 2 N–H and O–H groups in total. The number of aliphatic carboxylic acids is 1.